The fourth-order valence-electron chi connectivity index (χ4n) is 4.15. The smallest absolute Gasteiger partial charge is 0.346 e. The maximum absolute atomic E-state index is 12.5. The second kappa shape index (κ2) is 7.09. The van der Waals surface area contributed by atoms with Gasteiger partial charge in [-0.2, -0.15) is 5.10 Å². The summed E-state index contributed by atoms with van der Waals surface area (Å²) in [7, 11) is 0. The van der Waals surface area contributed by atoms with Crippen LogP contribution in [0.2, 0.25) is 0 Å². The van der Waals surface area contributed by atoms with Crippen LogP contribution in [-0.2, 0) is 29.7 Å². The van der Waals surface area contributed by atoms with Crippen LogP contribution in [-0.4, -0.2) is 26.8 Å². The number of hydrogen-bond donors (Lipinski definition) is 1. The lowest BCUT2D eigenvalue weighted by molar-refractivity contribution is -0.122. The van der Waals surface area contributed by atoms with Crippen molar-refractivity contribution in [1.82, 2.24) is 19.7 Å². The Hall–Kier alpha value is -2.37. The van der Waals surface area contributed by atoms with Crippen LogP contribution >= 0.6 is 0 Å². The zero-order valence-electron chi connectivity index (χ0n) is 15.1. The Kier molecular flexibility index (Phi) is 4.66. The van der Waals surface area contributed by atoms with Crippen molar-refractivity contribution >= 4 is 5.91 Å². The molecular weight excluding hydrogens is 328 g/mol. The largest absolute Gasteiger partial charge is 0.354 e. The number of amides is 1. The summed E-state index contributed by atoms with van der Waals surface area (Å²) in [4.78, 5) is 24.9. The third-order valence-corrected chi connectivity index (χ3v) is 5.90. The van der Waals surface area contributed by atoms with Gasteiger partial charge in [0.2, 0.25) is 5.91 Å². The van der Waals surface area contributed by atoms with Crippen molar-refractivity contribution in [2.45, 2.75) is 63.5 Å². The molecule has 0 unspecified atom stereocenters. The molecule has 0 spiro atoms. The van der Waals surface area contributed by atoms with Gasteiger partial charge < -0.3 is 5.32 Å². The van der Waals surface area contributed by atoms with Crippen LogP contribution in [0.5, 0.6) is 0 Å². The molecule has 6 heteroatoms. The van der Waals surface area contributed by atoms with Crippen molar-refractivity contribution in [2.75, 3.05) is 6.54 Å². The average Bonchev–Trinajstić information content (AvgIpc) is 2.78. The number of nitrogens with zero attached hydrogens (tertiary/aromatic N) is 3. The molecule has 1 aromatic heterocycles. The summed E-state index contributed by atoms with van der Waals surface area (Å²) < 4.78 is 3.06. The molecule has 0 bridgehead atoms. The lowest BCUT2D eigenvalue weighted by Crippen LogP contribution is -2.46. The normalized spacial score (nSPS) is 18.5. The molecule has 1 amide bonds. The zero-order chi connectivity index (χ0) is 18.0. The summed E-state index contributed by atoms with van der Waals surface area (Å²) in [5.41, 5.74) is 1.18. The molecule has 26 heavy (non-hydrogen) atoms. The van der Waals surface area contributed by atoms with Gasteiger partial charge in [0.1, 0.15) is 12.4 Å². The number of carbonyl (C=O) groups is 1. The predicted octanol–water partition coefficient (Wildman–Crippen LogP) is 2.01. The first-order valence-corrected chi connectivity index (χ1v) is 9.67. The first-order valence-electron chi connectivity index (χ1n) is 9.67. The minimum absolute atomic E-state index is 0.00367. The Labute approximate surface area is 153 Å². The minimum atomic E-state index is -0.154. The zero-order valence-corrected chi connectivity index (χ0v) is 15.1. The van der Waals surface area contributed by atoms with E-state index in [1.807, 2.05) is 6.07 Å². The van der Waals surface area contributed by atoms with E-state index < -0.39 is 0 Å². The van der Waals surface area contributed by atoms with Crippen molar-refractivity contribution in [3.63, 3.8) is 0 Å². The molecule has 1 fully saturated rings. The van der Waals surface area contributed by atoms with E-state index in [1.165, 1.54) is 16.7 Å². The molecule has 1 N–H and O–H groups in total. The molecule has 1 saturated carbocycles. The lowest BCUT2D eigenvalue weighted by Gasteiger charge is -2.42. The summed E-state index contributed by atoms with van der Waals surface area (Å²) in [6.45, 7) is 1.34. The number of hydrogen-bond acceptors (Lipinski definition) is 3. The molecule has 2 heterocycles. The quantitative estimate of drug-likeness (QED) is 0.893. The summed E-state index contributed by atoms with van der Waals surface area (Å²) in [6, 6.07) is 10.4. The van der Waals surface area contributed by atoms with E-state index in [4.69, 9.17) is 0 Å². The highest BCUT2D eigenvalue weighted by Crippen LogP contribution is 2.43. The molecule has 4 rings (SSSR count). The number of rotatable bonds is 5. The van der Waals surface area contributed by atoms with Crippen LogP contribution in [0.25, 0.3) is 0 Å². The maximum atomic E-state index is 12.5. The van der Waals surface area contributed by atoms with Gasteiger partial charge in [-0.15, -0.1) is 0 Å². The van der Waals surface area contributed by atoms with Crippen molar-refractivity contribution in [3.8, 4) is 0 Å². The number of carbonyl (C=O) groups excluding carboxylic acids is 1. The van der Waals surface area contributed by atoms with Gasteiger partial charge in [0.05, 0.1) is 0 Å². The lowest BCUT2D eigenvalue weighted by atomic mass is 9.64. The number of aromatic nitrogens is 3. The summed E-state index contributed by atoms with van der Waals surface area (Å²) in [5, 5.41) is 7.44. The van der Waals surface area contributed by atoms with Crippen LogP contribution in [0.1, 0.15) is 49.9 Å². The van der Waals surface area contributed by atoms with E-state index in [0.717, 1.165) is 44.3 Å². The molecule has 0 radical (unpaired) electrons. The minimum Gasteiger partial charge on any atom is -0.354 e. The Morgan fingerprint density at radius 2 is 1.92 bits per heavy atom. The molecule has 2 aromatic rings. The van der Waals surface area contributed by atoms with E-state index in [2.05, 4.69) is 34.7 Å². The number of benzene rings is 1. The molecule has 0 atom stereocenters. The second-order valence-electron chi connectivity index (χ2n) is 7.60. The highest BCUT2D eigenvalue weighted by atomic mass is 16.2. The fourth-order valence-corrected chi connectivity index (χ4v) is 4.15. The highest BCUT2D eigenvalue weighted by molar-refractivity contribution is 5.75. The first kappa shape index (κ1) is 17.1. The number of nitrogens with one attached hydrogen (secondary N) is 1. The molecule has 2 aliphatic rings. The van der Waals surface area contributed by atoms with Gasteiger partial charge in [0.15, 0.2) is 0 Å². The van der Waals surface area contributed by atoms with Gasteiger partial charge in [-0.3, -0.25) is 9.36 Å². The molecular formula is C20H26N4O2. The summed E-state index contributed by atoms with van der Waals surface area (Å²) in [5.74, 6) is 0.683. The SMILES string of the molecule is O=C(Cn1nc2n(c1=O)CCCCC2)NCC1(c2ccccc2)CCC1. The maximum Gasteiger partial charge on any atom is 0.346 e. The van der Waals surface area contributed by atoms with E-state index >= 15 is 0 Å². The Morgan fingerprint density at radius 3 is 2.65 bits per heavy atom. The van der Waals surface area contributed by atoms with Crippen LogP contribution in [0, 0.1) is 0 Å². The van der Waals surface area contributed by atoms with E-state index in [0.29, 0.717) is 13.1 Å². The molecule has 1 aliphatic heterocycles. The first-order chi connectivity index (χ1) is 12.7. The Morgan fingerprint density at radius 1 is 1.12 bits per heavy atom. The molecule has 1 aromatic carbocycles. The van der Waals surface area contributed by atoms with Crippen molar-refractivity contribution in [2.24, 2.45) is 0 Å². The third kappa shape index (κ3) is 3.20. The number of fused-ring (bicyclic) bond motifs is 1. The third-order valence-electron chi connectivity index (χ3n) is 5.90. The van der Waals surface area contributed by atoms with Gasteiger partial charge in [0, 0.05) is 24.9 Å². The van der Waals surface area contributed by atoms with Crippen LogP contribution in [0.4, 0.5) is 0 Å². The summed E-state index contributed by atoms with van der Waals surface area (Å²) in [6.07, 6.45) is 7.39. The molecule has 1 aliphatic carbocycles. The monoisotopic (exact) mass is 354 g/mol. The van der Waals surface area contributed by atoms with Gasteiger partial charge >= 0.3 is 5.69 Å². The van der Waals surface area contributed by atoms with E-state index in [1.54, 1.807) is 4.57 Å². The standard InChI is InChI=1S/C20H26N4O2/c25-18(14-24-19(26)23-13-6-2-5-10-17(23)22-24)21-15-20(11-7-12-20)16-8-3-1-4-9-16/h1,3-4,8-9H,2,5-7,10-15H2,(H,21,25). The predicted molar refractivity (Wildman–Crippen MR) is 99.0 cm³/mol. The van der Waals surface area contributed by atoms with Crippen molar-refractivity contribution < 1.29 is 4.79 Å². The van der Waals surface area contributed by atoms with Crippen LogP contribution < -0.4 is 11.0 Å². The van der Waals surface area contributed by atoms with Gasteiger partial charge in [0.25, 0.3) is 0 Å². The molecule has 138 valence electrons. The van der Waals surface area contributed by atoms with E-state index in [-0.39, 0.29) is 23.6 Å². The highest BCUT2D eigenvalue weighted by Gasteiger charge is 2.38. The van der Waals surface area contributed by atoms with Gasteiger partial charge in [-0.1, -0.05) is 43.2 Å². The van der Waals surface area contributed by atoms with E-state index in [9.17, 15) is 9.59 Å². The van der Waals surface area contributed by atoms with Crippen molar-refractivity contribution in [3.05, 3.63) is 52.2 Å². The summed E-state index contributed by atoms with van der Waals surface area (Å²) >= 11 is 0. The Balaban J connectivity index is 1.41. The van der Waals surface area contributed by atoms with Gasteiger partial charge in [-0.05, 0) is 31.2 Å². The second-order valence-corrected chi connectivity index (χ2v) is 7.60. The molecule has 0 saturated heterocycles. The average molecular weight is 354 g/mol. The fraction of sp³-hybridized carbons (Fsp3) is 0.550. The van der Waals surface area contributed by atoms with Crippen LogP contribution in [0.15, 0.2) is 35.1 Å². The number of aryl methyl sites for hydroxylation is 1. The topological polar surface area (TPSA) is 68.9 Å². The molecule has 6 nitrogen and oxygen atoms in total. The Bertz CT molecular complexity index is 833. The van der Waals surface area contributed by atoms with Gasteiger partial charge in [-0.25, -0.2) is 9.48 Å². The van der Waals surface area contributed by atoms with Crippen LogP contribution in [0.3, 0.4) is 0 Å². The van der Waals surface area contributed by atoms with Crippen molar-refractivity contribution in [1.29, 1.82) is 0 Å².